The summed E-state index contributed by atoms with van der Waals surface area (Å²) in [6.45, 7) is 4.08. The fourth-order valence-corrected chi connectivity index (χ4v) is 2.87. The van der Waals surface area contributed by atoms with Gasteiger partial charge in [0.2, 0.25) is 0 Å². The van der Waals surface area contributed by atoms with Crippen LogP contribution in [0.2, 0.25) is 0 Å². The van der Waals surface area contributed by atoms with Crippen LogP contribution >= 0.6 is 0 Å². The van der Waals surface area contributed by atoms with Crippen LogP contribution < -0.4 is 5.32 Å². The first-order chi connectivity index (χ1) is 14.4. The van der Waals surface area contributed by atoms with E-state index in [-0.39, 0.29) is 11.8 Å². The molecule has 0 radical (unpaired) electrons. The Morgan fingerprint density at radius 2 is 1.70 bits per heavy atom. The van der Waals surface area contributed by atoms with Gasteiger partial charge in [-0.05, 0) is 42.7 Å². The van der Waals surface area contributed by atoms with Crippen LogP contribution in [0.5, 0.6) is 0 Å². The van der Waals surface area contributed by atoms with Crippen LogP contribution in [0.4, 0.5) is 0 Å². The first-order valence-electron chi connectivity index (χ1n) is 9.84. The van der Waals surface area contributed by atoms with Crippen molar-refractivity contribution in [3.05, 3.63) is 77.4 Å². The smallest absolute Gasteiger partial charge is 0.337 e. The molecule has 0 saturated carbocycles. The van der Waals surface area contributed by atoms with Gasteiger partial charge in [-0.3, -0.25) is 4.79 Å². The molecule has 1 amide bonds. The molecular weight excluding hydrogens is 382 g/mol. The Balaban J connectivity index is 1.83. The number of hydrogen-bond acceptors (Lipinski definition) is 5. The number of hydrogen-bond donors (Lipinski definition) is 1. The number of benzene rings is 2. The van der Waals surface area contributed by atoms with Gasteiger partial charge in [0, 0.05) is 18.5 Å². The second kappa shape index (κ2) is 11.6. The van der Waals surface area contributed by atoms with Gasteiger partial charge >= 0.3 is 11.9 Å². The van der Waals surface area contributed by atoms with Crippen LogP contribution in [-0.2, 0) is 19.1 Å². The van der Waals surface area contributed by atoms with E-state index in [4.69, 9.17) is 4.74 Å². The molecular formula is C24H27NO5. The van der Waals surface area contributed by atoms with Gasteiger partial charge in [0.1, 0.15) is 0 Å². The Labute approximate surface area is 176 Å². The Kier molecular flexibility index (Phi) is 8.81. The minimum absolute atomic E-state index is 0.200. The normalized spacial score (nSPS) is 12.8. The third-order valence-electron chi connectivity index (χ3n) is 4.69. The third kappa shape index (κ3) is 6.88. The van der Waals surface area contributed by atoms with E-state index in [2.05, 4.69) is 17.0 Å². The number of ether oxygens (including phenoxy) is 2. The van der Waals surface area contributed by atoms with Crippen LogP contribution in [0.25, 0.3) is 6.08 Å². The quantitative estimate of drug-likeness (QED) is 0.504. The molecule has 2 rings (SSSR count). The van der Waals surface area contributed by atoms with Crippen LogP contribution in [0.15, 0.2) is 60.7 Å². The van der Waals surface area contributed by atoms with Crippen molar-refractivity contribution in [2.45, 2.75) is 32.3 Å². The molecule has 0 spiro atoms. The second-order valence-electron chi connectivity index (χ2n) is 6.79. The van der Waals surface area contributed by atoms with Crippen molar-refractivity contribution in [1.29, 1.82) is 0 Å². The van der Waals surface area contributed by atoms with Crippen molar-refractivity contribution in [2.24, 2.45) is 0 Å². The highest BCUT2D eigenvalue weighted by molar-refractivity contribution is 5.91. The summed E-state index contributed by atoms with van der Waals surface area (Å²) in [7, 11) is 1.31. The maximum Gasteiger partial charge on any atom is 0.337 e. The van der Waals surface area contributed by atoms with Crippen LogP contribution in [0.3, 0.4) is 0 Å². The summed E-state index contributed by atoms with van der Waals surface area (Å²) < 4.78 is 9.81. The average molecular weight is 409 g/mol. The van der Waals surface area contributed by atoms with Crippen molar-refractivity contribution in [1.82, 2.24) is 5.32 Å². The lowest BCUT2D eigenvalue weighted by atomic mass is 9.96. The Hall–Kier alpha value is -3.41. The topological polar surface area (TPSA) is 81.7 Å². The van der Waals surface area contributed by atoms with E-state index in [1.807, 2.05) is 30.3 Å². The molecule has 2 atom stereocenters. The Morgan fingerprint density at radius 3 is 2.30 bits per heavy atom. The lowest BCUT2D eigenvalue weighted by molar-refractivity contribution is -0.150. The summed E-state index contributed by atoms with van der Waals surface area (Å²) in [4.78, 5) is 35.7. The molecule has 30 heavy (non-hydrogen) atoms. The molecule has 0 aliphatic rings. The Morgan fingerprint density at radius 1 is 1.03 bits per heavy atom. The molecule has 2 aromatic rings. The summed E-state index contributed by atoms with van der Waals surface area (Å²) in [5.74, 6) is -1.19. The molecule has 0 aliphatic carbocycles. The monoisotopic (exact) mass is 409 g/mol. The predicted molar refractivity (Wildman–Crippen MR) is 115 cm³/mol. The molecule has 0 bridgehead atoms. The highest BCUT2D eigenvalue weighted by atomic mass is 16.5. The second-order valence-corrected chi connectivity index (χ2v) is 6.79. The van der Waals surface area contributed by atoms with Crippen molar-refractivity contribution in [2.75, 3.05) is 13.7 Å². The van der Waals surface area contributed by atoms with E-state index < -0.39 is 18.0 Å². The van der Waals surface area contributed by atoms with Gasteiger partial charge < -0.3 is 14.8 Å². The van der Waals surface area contributed by atoms with E-state index >= 15 is 0 Å². The van der Waals surface area contributed by atoms with E-state index in [0.29, 0.717) is 17.7 Å². The minimum Gasteiger partial charge on any atom is -0.465 e. The van der Waals surface area contributed by atoms with Crippen molar-refractivity contribution < 1.29 is 23.9 Å². The lowest BCUT2D eigenvalue weighted by Crippen LogP contribution is -2.37. The first kappa shape index (κ1) is 22.9. The molecule has 0 heterocycles. The number of amides is 1. The van der Waals surface area contributed by atoms with Gasteiger partial charge in [0.15, 0.2) is 6.10 Å². The highest BCUT2D eigenvalue weighted by Crippen LogP contribution is 2.18. The average Bonchev–Trinajstić information content (AvgIpc) is 2.78. The van der Waals surface area contributed by atoms with Gasteiger partial charge in [-0.1, -0.05) is 49.4 Å². The number of rotatable bonds is 9. The number of nitrogens with one attached hydrogen (secondary N) is 1. The third-order valence-corrected chi connectivity index (χ3v) is 4.69. The molecule has 0 unspecified atom stereocenters. The lowest BCUT2D eigenvalue weighted by Gasteiger charge is -2.18. The van der Waals surface area contributed by atoms with Crippen LogP contribution in [0.1, 0.15) is 47.7 Å². The molecule has 6 nitrogen and oxygen atoms in total. The van der Waals surface area contributed by atoms with Gasteiger partial charge in [0.25, 0.3) is 5.91 Å². The van der Waals surface area contributed by atoms with Gasteiger partial charge in [-0.15, -0.1) is 0 Å². The zero-order valence-corrected chi connectivity index (χ0v) is 17.5. The number of carbonyl (C=O) groups is 3. The van der Waals surface area contributed by atoms with Crippen molar-refractivity contribution in [3.63, 3.8) is 0 Å². The van der Waals surface area contributed by atoms with Crippen molar-refractivity contribution >= 4 is 23.9 Å². The molecule has 6 heteroatoms. The van der Waals surface area contributed by atoms with E-state index in [1.165, 1.54) is 20.1 Å². The maximum atomic E-state index is 12.3. The molecule has 0 aliphatic heterocycles. The molecule has 0 saturated heterocycles. The summed E-state index contributed by atoms with van der Waals surface area (Å²) in [6.07, 6.45) is 2.78. The van der Waals surface area contributed by atoms with Crippen molar-refractivity contribution in [3.8, 4) is 0 Å². The van der Waals surface area contributed by atoms with Gasteiger partial charge in [0.05, 0.1) is 12.7 Å². The van der Waals surface area contributed by atoms with E-state index in [1.54, 1.807) is 30.3 Å². The number of methoxy groups -OCH3 is 1. The molecule has 1 N–H and O–H groups in total. The Bertz CT molecular complexity index is 874. The number of carbonyl (C=O) groups excluding carboxylic acids is 3. The summed E-state index contributed by atoms with van der Waals surface area (Å²) in [5.41, 5.74) is 2.29. The fourth-order valence-electron chi connectivity index (χ4n) is 2.87. The SMILES string of the molecule is CC[C@@H](CNC(=O)[C@H](C)OC(=O)/C=C/c1ccc(C(=O)OC)cc1)c1ccccc1. The molecule has 0 fully saturated rings. The molecule has 158 valence electrons. The summed E-state index contributed by atoms with van der Waals surface area (Å²) in [6, 6.07) is 16.5. The highest BCUT2D eigenvalue weighted by Gasteiger charge is 2.18. The minimum atomic E-state index is -0.905. The van der Waals surface area contributed by atoms with Crippen LogP contribution in [-0.4, -0.2) is 37.6 Å². The summed E-state index contributed by atoms with van der Waals surface area (Å²) >= 11 is 0. The fraction of sp³-hybridized carbons (Fsp3) is 0.292. The zero-order chi connectivity index (χ0) is 21.9. The molecule has 2 aromatic carbocycles. The van der Waals surface area contributed by atoms with Crippen LogP contribution in [0, 0.1) is 0 Å². The van der Waals surface area contributed by atoms with E-state index in [9.17, 15) is 14.4 Å². The standard InChI is InChI=1S/C24H27NO5/c1-4-19(20-8-6-5-7-9-20)16-25-23(27)17(2)30-22(26)15-12-18-10-13-21(14-11-18)24(28)29-3/h5-15,17,19H,4,16H2,1-3H3,(H,25,27)/b15-12+/t17-,19-/m0/s1. The zero-order valence-electron chi connectivity index (χ0n) is 17.5. The predicted octanol–water partition coefficient (Wildman–Crippen LogP) is 3.73. The number of esters is 2. The maximum absolute atomic E-state index is 12.3. The van der Waals surface area contributed by atoms with Gasteiger partial charge in [-0.25, -0.2) is 9.59 Å². The molecule has 0 aromatic heterocycles. The van der Waals surface area contributed by atoms with Gasteiger partial charge in [-0.2, -0.15) is 0 Å². The largest absolute Gasteiger partial charge is 0.465 e. The summed E-state index contributed by atoms with van der Waals surface area (Å²) in [5, 5.41) is 2.85. The van der Waals surface area contributed by atoms with E-state index in [0.717, 1.165) is 12.0 Å². The first-order valence-corrected chi connectivity index (χ1v) is 9.84.